The van der Waals surface area contributed by atoms with E-state index < -0.39 is 0 Å². The molecule has 0 spiro atoms. The van der Waals surface area contributed by atoms with Crippen molar-refractivity contribution in [3.05, 3.63) is 0 Å². The van der Waals surface area contributed by atoms with Gasteiger partial charge in [0.1, 0.15) is 5.84 Å². The van der Waals surface area contributed by atoms with Crippen LogP contribution < -0.4 is 0 Å². The number of amidine groups is 1. The van der Waals surface area contributed by atoms with Gasteiger partial charge in [0.05, 0.1) is 6.54 Å². The minimum atomic E-state index is 0.256. The van der Waals surface area contributed by atoms with Crippen molar-refractivity contribution in [3.63, 3.8) is 0 Å². The second kappa shape index (κ2) is 1.56. The molecule has 0 atom stereocenters. The highest BCUT2D eigenvalue weighted by atomic mass is 16.2. The highest BCUT2D eigenvalue weighted by molar-refractivity contribution is 6.06. The Kier molecular flexibility index (Phi) is 0.860. The second-order valence-corrected chi connectivity index (χ2v) is 2.38. The zero-order valence-electron chi connectivity index (χ0n) is 5.13. The molecule has 48 valence electrons. The Morgan fingerprint density at radius 2 is 2.33 bits per heavy atom. The topological polar surface area (TPSA) is 32.7 Å². The van der Waals surface area contributed by atoms with Gasteiger partial charge in [-0.15, -0.1) is 0 Å². The number of hydrogen-bond acceptors (Lipinski definition) is 2. The van der Waals surface area contributed by atoms with Crippen molar-refractivity contribution in [1.82, 2.24) is 4.90 Å². The third-order valence-electron chi connectivity index (χ3n) is 1.68. The van der Waals surface area contributed by atoms with Gasteiger partial charge in [-0.1, -0.05) is 0 Å². The van der Waals surface area contributed by atoms with Crippen molar-refractivity contribution in [2.75, 3.05) is 13.1 Å². The lowest BCUT2D eigenvalue weighted by molar-refractivity contribution is -0.124. The third-order valence-corrected chi connectivity index (χ3v) is 1.68. The molecule has 3 nitrogen and oxygen atoms in total. The summed E-state index contributed by atoms with van der Waals surface area (Å²) in [5.74, 6) is 1.25. The molecule has 0 N–H and O–H groups in total. The van der Waals surface area contributed by atoms with Crippen LogP contribution >= 0.6 is 0 Å². The number of aliphatic imine (C=N–C) groups is 1. The predicted molar refractivity (Wildman–Crippen MR) is 33.2 cm³/mol. The molecule has 0 radical (unpaired) electrons. The molecule has 1 amide bonds. The van der Waals surface area contributed by atoms with Crippen LogP contribution in [0.15, 0.2) is 4.99 Å². The van der Waals surface area contributed by atoms with Gasteiger partial charge in [0.15, 0.2) is 0 Å². The minimum Gasteiger partial charge on any atom is -0.299 e. The van der Waals surface area contributed by atoms with Crippen LogP contribution in [0.1, 0.15) is 12.8 Å². The lowest BCUT2D eigenvalue weighted by atomic mass is 10.4. The minimum absolute atomic E-state index is 0.256. The highest BCUT2D eigenvalue weighted by Crippen LogP contribution is 2.14. The summed E-state index contributed by atoms with van der Waals surface area (Å²) in [5, 5.41) is 0. The summed E-state index contributed by atoms with van der Waals surface area (Å²) in [4.78, 5) is 16.6. The van der Waals surface area contributed by atoms with E-state index in [1.807, 2.05) is 0 Å². The van der Waals surface area contributed by atoms with Gasteiger partial charge in [0.2, 0.25) is 5.91 Å². The van der Waals surface area contributed by atoms with Gasteiger partial charge in [-0.3, -0.25) is 14.7 Å². The number of carbonyl (C=O) groups is 1. The predicted octanol–water partition coefficient (Wildman–Crippen LogP) is 0.0209. The molecular weight excluding hydrogens is 116 g/mol. The maximum Gasteiger partial charge on any atom is 0.227 e. The van der Waals surface area contributed by atoms with Crippen LogP contribution in [0.25, 0.3) is 0 Å². The summed E-state index contributed by atoms with van der Waals surface area (Å²) in [6, 6.07) is 0. The normalized spacial score (nSPS) is 24.7. The molecular formula is C6H8N2O. The molecule has 1 fully saturated rings. The Morgan fingerprint density at radius 3 is 2.78 bits per heavy atom. The summed E-state index contributed by atoms with van der Waals surface area (Å²) < 4.78 is 0. The van der Waals surface area contributed by atoms with Gasteiger partial charge in [-0.2, -0.15) is 0 Å². The summed E-state index contributed by atoms with van der Waals surface area (Å²) in [5.41, 5.74) is 0. The maximum atomic E-state index is 10.9. The van der Waals surface area contributed by atoms with E-state index in [-0.39, 0.29) is 5.91 Å². The number of likely N-dealkylation sites (tertiary alicyclic amines) is 1. The molecule has 0 aliphatic carbocycles. The summed E-state index contributed by atoms with van der Waals surface area (Å²) in [6.45, 7) is 1.70. The van der Waals surface area contributed by atoms with Gasteiger partial charge >= 0.3 is 0 Å². The van der Waals surface area contributed by atoms with E-state index in [4.69, 9.17) is 0 Å². The van der Waals surface area contributed by atoms with Crippen LogP contribution in [0.4, 0.5) is 0 Å². The Hall–Kier alpha value is -0.860. The van der Waals surface area contributed by atoms with Gasteiger partial charge in [0.25, 0.3) is 0 Å². The van der Waals surface area contributed by atoms with Crippen molar-refractivity contribution >= 4 is 11.7 Å². The number of hydrogen-bond donors (Lipinski definition) is 0. The first-order valence-corrected chi connectivity index (χ1v) is 3.21. The molecule has 0 bridgehead atoms. The SMILES string of the molecule is O=C1CCCN1C1=NC1. The first-order chi connectivity index (χ1) is 4.38. The fraction of sp³-hybridized carbons (Fsp3) is 0.667. The van der Waals surface area contributed by atoms with E-state index in [2.05, 4.69) is 4.99 Å². The van der Waals surface area contributed by atoms with E-state index >= 15 is 0 Å². The van der Waals surface area contributed by atoms with Crippen LogP contribution in [0.3, 0.4) is 0 Å². The molecule has 0 aromatic heterocycles. The fourth-order valence-corrected chi connectivity index (χ4v) is 1.13. The van der Waals surface area contributed by atoms with Crippen LogP contribution in [0, 0.1) is 0 Å². The van der Waals surface area contributed by atoms with Crippen molar-refractivity contribution < 1.29 is 4.79 Å². The lowest BCUT2D eigenvalue weighted by Crippen LogP contribution is -2.26. The highest BCUT2D eigenvalue weighted by Gasteiger charge is 2.28. The van der Waals surface area contributed by atoms with Crippen molar-refractivity contribution in [2.45, 2.75) is 12.8 Å². The third kappa shape index (κ3) is 0.724. The van der Waals surface area contributed by atoms with Gasteiger partial charge in [-0.05, 0) is 6.42 Å². The Morgan fingerprint density at radius 1 is 1.56 bits per heavy atom. The van der Waals surface area contributed by atoms with Gasteiger partial charge in [0, 0.05) is 13.0 Å². The zero-order valence-corrected chi connectivity index (χ0v) is 5.13. The van der Waals surface area contributed by atoms with Crippen LogP contribution in [0.2, 0.25) is 0 Å². The monoisotopic (exact) mass is 124 g/mol. The zero-order chi connectivity index (χ0) is 6.27. The number of nitrogens with zero attached hydrogens (tertiary/aromatic N) is 2. The van der Waals surface area contributed by atoms with E-state index in [0.717, 1.165) is 31.8 Å². The van der Waals surface area contributed by atoms with Crippen molar-refractivity contribution in [3.8, 4) is 0 Å². The maximum absolute atomic E-state index is 10.9. The molecule has 0 aromatic carbocycles. The van der Waals surface area contributed by atoms with Crippen molar-refractivity contribution in [1.29, 1.82) is 0 Å². The van der Waals surface area contributed by atoms with Gasteiger partial charge in [-0.25, -0.2) is 0 Å². The number of carbonyl (C=O) groups excluding carboxylic acids is 1. The lowest BCUT2D eigenvalue weighted by Gasteiger charge is -2.06. The fourth-order valence-electron chi connectivity index (χ4n) is 1.13. The Balaban J connectivity index is 2.10. The molecule has 3 heteroatoms. The largest absolute Gasteiger partial charge is 0.299 e. The molecule has 2 aliphatic heterocycles. The standard InChI is InChI=1S/C6H8N2O/c9-6-2-1-3-8(6)5-4-7-5/h1-4H2. The molecule has 0 aromatic rings. The number of rotatable bonds is 0. The number of amides is 1. The average Bonchev–Trinajstić information content (AvgIpc) is 2.58. The van der Waals surface area contributed by atoms with Crippen LogP contribution in [-0.2, 0) is 4.79 Å². The second-order valence-electron chi connectivity index (χ2n) is 2.38. The van der Waals surface area contributed by atoms with E-state index in [9.17, 15) is 4.79 Å². The summed E-state index contributed by atoms with van der Waals surface area (Å²) in [7, 11) is 0. The van der Waals surface area contributed by atoms with E-state index in [1.54, 1.807) is 4.90 Å². The average molecular weight is 124 g/mol. The Bertz CT molecular complexity index is 185. The van der Waals surface area contributed by atoms with Crippen LogP contribution in [0.5, 0.6) is 0 Å². The Labute approximate surface area is 53.4 Å². The smallest absolute Gasteiger partial charge is 0.227 e. The first-order valence-electron chi connectivity index (χ1n) is 3.21. The first kappa shape index (κ1) is 4.97. The molecule has 1 saturated heterocycles. The molecule has 2 heterocycles. The molecule has 9 heavy (non-hydrogen) atoms. The summed E-state index contributed by atoms with van der Waals surface area (Å²) in [6.07, 6.45) is 1.73. The van der Waals surface area contributed by atoms with E-state index in [0.29, 0.717) is 0 Å². The van der Waals surface area contributed by atoms with E-state index in [1.165, 1.54) is 0 Å². The van der Waals surface area contributed by atoms with Crippen LogP contribution in [-0.4, -0.2) is 29.7 Å². The summed E-state index contributed by atoms with van der Waals surface area (Å²) >= 11 is 0. The quantitative estimate of drug-likeness (QED) is 0.448. The molecule has 0 saturated carbocycles. The molecule has 0 unspecified atom stereocenters. The van der Waals surface area contributed by atoms with Gasteiger partial charge < -0.3 is 0 Å². The molecule has 2 aliphatic rings. The molecule has 2 rings (SSSR count). The van der Waals surface area contributed by atoms with Crippen molar-refractivity contribution in [2.24, 2.45) is 4.99 Å².